The number of ether oxygens (including phenoxy) is 2. The van der Waals surface area contributed by atoms with Crippen molar-refractivity contribution in [2.45, 2.75) is 31.7 Å². The number of hydrogen-bond acceptors (Lipinski definition) is 5. The monoisotopic (exact) mass is 319 g/mol. The van der Waals surface area contributed by atoms with Crippen LogP contribution in [0.15, 0.2) is 30.3 Å². The largest absolute Gasteiger partial charge is 0.490 e. The molecule has 0 aromatic heterocycles. The first-order valence-corrected chi connectivity index (χ1v) is 6.71. The molecule has 2 rings (SSSR count). The van der Waals surface area contributed by atoms with Gasteiger partial charge in [-0.3, -0.25) is 4.90 Å². The Morgan fingerprint density at radius 1 is 1.36 bits per heavy atom. The summed E-state index contributed by atoms with van der Waals surface area (Å²) in [5.41, 5.74) is 0.862. The van der Waals surface area contributed by atoms with E-state index in [1.54, 1.807) is 0 Å². The summed E-state index contributed by atoms with van der Waals surface area (Å²) >= 11 is 0. The van der Waals surface area contributed by atoms with Crippen molar-refractivity contribution >= 4 is 5.97 Å². The molecule has 2 atom stereocenters. The van der Waals surface area contributed by atoms with Crippen LogP contribution in [-0.2, 0) is 20.9 Å². The Kier molecular flexibility index (Phi) is 5.38. The van der Waals surface area contributed by atoms with Crippen LogP contribution in [0.2, 0.25) is 0 Å². The van der Waals surface area contributed by atoms with Gasteiger partial charge in [-0.1, -0.05) is 30.3 Å². The van der Waals surface area contributed by atoms with Gasteiger partial charge in [0.2, 0.25) is 6.41 Å². The van der Waals surface area contributed by atoms with E-state index in [1.165, 1.54) is 4.90 Å². The number of alkyl halides is 3. The molecule has 0 radical (unpaired) electrons. The van der Waals surface area contributed by atoms with Crippen molar-refractivity contribution in [1.29, 1.82) is 0 Å². The molecule has 1 aliphatic rings. The molecule has 22 heavy (non-hydrogen) atoms. The van der Waals surface area contributed by atoms with E-state index in [9.17, 15) is 23.1 Å². The lowest BCUT2D eigenvalue weighted by atomic mass is 10.2. The van der Waals surface area contributed by atoms with E-state index >= 15 is 0 Å². The Labute approximate surface area is 125 Å². The van der Waals surface area contributed by atoms with E-state index in [1.807, 2.05) is 30.3 Å². The van der Waals surface area contributed by atoms with Gasteiger partial charge in [-0.05, 0) is 12.0 Å². The van der Waals surface area contributed by atoms with E-state index < -0.39 is 24.7 Å². The van der Waals surface area contributed by atoms with Crippen LogP contribution in [-0.4, -0.2) is 47.8 Å². The van der Waals surface area contributed by atoms with Crippen molar-refractivity contribution in [3.05, 3.63) is 35.9 Å². The van der Waals surface area contributed by atoms with Crippen LogP contribution in [0.5, 0.6) is 0 Å². The highest BCUT2D eigenvalue weighted by atomic mass is 19.4. The lowest BCUT2D eigenvalue weighted by Gasteiger charge is -2.22. The Bertz CT molecular complexity index is 495. The SMILES string of the molecule is O=C(O[C@H]1CCN(C(O)OCc2ccccc2)C1)C(F)(F)F. The third-order valence-electron chi connectivity index (χ3n) is 3.24. The van der Waals surface area contributed by atoms with Crippen molar-refractivity contribution in [3.63, 3.8) is 0 Å². The first-order valence-electron chi connectivity index (χ1n) is 6.71. The van der Waals surface area contributed by atoms with E-state index in [0.29, 0.717) is 0 Å². The van der Waals surface area contributed by atoms with Crippen LogP contribution < -0.4 is 0 Å². The molecule has 1 N–H and O–H groups in total. The zero-order valence-corrected chi connectivity index (χ0v) is 11.6. The van der Waals surface area contributed by atoms with Crippen LogP contribution in [0.25, 0.3) is 0 Å². The molecule has 0 bridgehead atoms. The molecular weight excluding hydrogens is 303 g/mol. The van der Waals surface area contributed by atoms with Gasteiger partial charge in [0.05, 0.1) is 6.61 Å². The van der Waals surface area contributed by atoms with Gasteiger partial charge in [-0.25, -0.2) is 4.79 Å². The molecule has 0 amide bonds. The van der Waals surface area contributed by atoms with Crippen LogP contribution >= 0.6 is 0 Å². The Morgan fingerprint density at radius 2 is 2.05 bits per heavy atom. The van der Waals surface area contributed by atoms with E-state index in [0.717, 1.165) is 5.56 Å². The second-order valence-electron chi connectivity index (χ2n) is 4.93. The summed E-state index contributed by atoms with van der Waals surface area (Å²) in [7, 11) is 0. The Morgan fingerprint density at radius 3 is 2.68 bits per heavy atom. The van der Waals surface area contributed by atoms with Gasteiger partial charge in [0, 0.05) is 13.1 Å². The molecule has 1 saturated heterocycles. The summed E-state index contributed by atoms with van der Waals surface area (Å²) in [6.45, 7) is 0.453. The molecule has 122 valence electrons. The number of likely N-dealkylation sites (tertiary alicyclic amines) is 1. The van der Waals surface area contributed by atoms with Crippen LogP contribution in [0.1, 0.15) is 12.0 Å². The highest BCUT2D eigenvalue weighted by Gasteiger charge is 2.43. The molecule has 1 aromatic rings. The van der Waals surface area contributed by atoms with Crippen molar-refractivity contribution < 1.29 is 32.5 Å². The summed E-state index contributed by atoms with van der Waals surface area (Å²) in [6, 6.07) is 9.15. The summed E-state index contributed by atoms with van der Waals surface area (Å²) < 4.78 is 45.9. The Balaban J connectivity index is 1.76. The molecule has 1 aromatic carbocycles. The topological polar surface area (TPSA) is 59.0 Å². The number of aliphatic hydroxyl groups excluding tert-OH is 1. The average Bonchev–Trinajstić information content (AvgIpc) is 2.93. The van der Waals surface area contributed by atoms with Crippen LogP contribution in [0.3, 0.4) is 0 Å². The summed E-state index contributed by atoms with van der Waals surface area (Å²) in [5.74, 6) is -2.21. The summed E-state index contributed by atoms with van der Waals surface area (Å²) in [4.78, 5) is 12.2. The molecule has 0 aliphatic carbocycles. The Hall–Kier alpha value is -1.64. The summed E-state index contributed by atoms with van der Waals surface area (Å²) in [5, 5.41) is 9.86. The van der Waals surface area contributed by atoms with Crippen molar-refractivity contribution in [3.8, 4) is 0 Å². The van der Waals surface area contributed by atoms with Gasteiger partial charge in [0.25, 0.3) is 0 Å². The first-order chi connectivity index (χ1) is 10.4. The number of rotatable bonds is 5. The van der Waals surface area contributed by atoms with Crippen LogP contribution in [0, 0.1) is 0 Å². The lowest BCUT2D eigenvalue weighted by molar-refractivity contribution is -0.209. The van der Waals surface area contributed by atoms with Gasteiger partial charge in [-0.15, -0.1) is 0 Å². The third kappa shape index (κ3) is 4.69. The fraction of sp³-hybridized carbons (Fsp3) is 0.500. The van der Waals surface area contributed by atoms with E-state index in [-0.39, 0.29) is 26.1 Å². The van der Waals surface area contributed by atoms with Gasteiger partial charge in [-0.2, -0.15) is 13.2 Å². The minimum absolute atomic E-state index is 0.00221. The van der Waals surface area contributed by atoms with Crippen molar-refractivity contribution in [1.82, 2.24) is 4.90 Å². The minimum Gasteiger partial charge on any atom is -0.454 e. The zero-order chi connectivity index (χ0) is 16.2. The normalized spacial score (nSPS) is 20.8. The number of carbonyl (C=O) groups excluding carboxylic acids is 1. The number of carbonyl (C=O) groups is 1. The molecule has 0 spiro atoms. The molecule has 8 heteroatoms. The van der Waals surface area contributed by atoms with Gasteiger partial charge < -0.3 is 14.6 Å². The average molecular weight is 319 g/mol. The molecule has 1 heterocycles. The predicted molar refractivity (Wildman–Crippen MR) is 69.4 cm³/mol. The number of hydrogen-bond donors (Lipinski definition) is 1. The van der Waals surface area contributed by atoms with Gasteiger partial charge >= 0.3 is 12.1 Å². The maximum atomic E-state index is 12.1. The number of nitrogens with zero attached hydrogens (tertiary/aromatic N) is 1. The van der Waals surface area contributed by atoms with E-state index in [2.05, 4.69) is 4.74 Å². The third-order valence-corrected chi connectivity index (χ3v) is 3.24. The minimum atomic E-state index is -5.00. The van der Waals surface area contributed by atoms with Gasteiger partial charge in [0.1, 0.15) is 6.10 Å². The standard InChI is InChI=1S/C14H16F3NO4/c15-14(16,17)12(19)22-11-6-7-18(8-11)13(20)21-9-10-4-2-1-3-5-10/h1-5,11,13,20H,6-9H2/t11-,13?/m0/s1. The quantitative estimate of drug-likeness (QED) is 0.661. The number of esters is 1. The number of benzene rings is 1. The van der Waals surface area contributed by atoms with Crippen molar-refractivity contribution in [2.24, 2.45) is 0 Å². The zero-order valence-electron chi connectivity index (χ0n) is 11.6. The maximum Gasteiger partial charge on any atom is 0.490 e. The van der Waals surface area contributed by atoms with Crippen molar-refractivity contribution in [2.75, 3.05) is 13.1 Å². The highest BCUT2D eigenvalue weighted by Crippen LogP contribution is 2.22. The first kappa shape index (κ1) is 16.7. The number of halogens is 3. The van der Waals surface area contributed by atoms with Gasteiger partial charge in [0.15, 0.2) is 0 Å². The molecule has 0 saturated carbocycles. The molecule has 5 nitrogen and oxygen atoms in total. The molecule has 1 aliphatic heterocycles. The second kappa shape index (κ2) is 7.08. The summed E-state index contributed by atoms with van der Waals surface area (Å²) in [6.07, 6.45) is -6.94. The molecule has 1 fully saturated rings. The fourth-order valence-corrected chi connectivity index (χ4v) is 2.12. The predicted octanol–water partition coefficient (Wildman–Crippen LogP) is 1.66. The second-order valence-corrected chi connectivity index (χ2v) is 4.93. The maximum absolute atomic E-state index is 12.1. The molecular formula is C14H16F3NO4. The smallest absolute Gasteiger partial charge is 0.454 e. The number of aliphatic hydroxyl groups is 1. The highest BCUT2D eigenvalue weighted by molar-refractivity contribution is 5.75. The molecule has 1 unspecified atom stereocenters. The fourth-order valence-electron chi connectivity index (χ4n) is 2.12. The van der Waals surface area contributed by atoms with E-state index in [4.69, 9.17) is 4.74 Å². The lowest BCUT2D eigenvalue weighted by Crippen LogP contribution is -2.37. The van der Waals surface area contributed by atoms with Crippen LogP contribution in [0.4, 0.5) is 13.2 Å².